The zero-order valence-corrected chi connectivity index (χ0v) is 17.4. The monoisotopic (exact) mass is 426 g/mol. The number of nitrogens with zero attached hydrogens (tertiary/aromatic N) is 3. The second kappa shape index (κ2) is 8.00. The van der Waals surface area contributed by atoms with Crippen LogP contribution in [0.2, 0.25) is 0 Å². The summed E-state index contributed by atoms with van der Waals surface area (Å²) in [6.45, 7) is 1.09. The van der Waals surface area contributed by atoms with E-state index in [1.807, 2.05) is 0 Å². The molecule has 30 heavy (non-hydrogen) atoms. The van der Waals surface area contributed by atoms with Gasteiger partial charge in [-0.2, -0.15) is 9.40 Å². The first-order chi connectivity index (χ1) is 14.4. The molecule has 2 aromatic carbocycles. The number of carbonyl (C=O) groups is 1. The maximum absolute atomic E-state index is 12.6. The number of aryl methyl sites for hydroxylation is 1. The maximum atomic E-state index is 12.6. The molecule has 1 aromatic heterocycles. The summed E-state index contributed by atoms with van der Waals surface area (Å²) >= 11 is 0. The van der Waals surface area contributed by atoms with Gasteiger partial charge >= 0.3 is 0 Å². The van der Waals surface area contributed by atoms with Crippen molar-refractivity contribution in [2.45, 2.75) is 24.2 Å². The van der Waals surface area contributed by atoms with Crippen LogP contribution in [-0.2, 0) is 28.3 Å². The van der Waals surface area contributed by atoms with Crippen molar-refractivity contribution in [3.63, 3.8) is 0 Å². The number of carbonyl (C=O) groups excluding carboxylic acids is 1. The summed E-state index contributed by atoms with van der Waals surface area (Å²) in [6.07, 6.45) is 1.74. The first kappa shape index (κ1) is 20.2. The maximum Gasteiger partial charge on any atom is 0.274 e. The minimum atomic E-state index is -3.49. The summed E-state index contributed by atoms with van der Waals surface area (Å²) in [5.41, 5.74) is 0.775. The van der Waals surface area contributed by atoms with E-state index >= 15 is 0 Å². The van der Waals surface area contributed by atoms with Crippen molar-refractivity contribution in [3.8, 4) is 0 Å². The van der Waals surface area contributed by atoms with Gasteiger partial charge in [0.15, 0.2) is 0 Å². The predicted molar refractivity (Wildman–Crippen MR) is 114 cm³/mol. The Morgan fingerprint density at radius 2 is 1.67 bits per heavy atom. The zero-order chi connectivity index (χ0) is 21.3. The molecule has 1 amide bonds. The lowest BCUT2D eigenvalue weighted by atomic mass is 10.1. The summed E-state index contributed by atoms with van der Waals surface area (Å²) in [5, 5.41) is 8.14. The van der Waals surface area contributed by atoms with Crippen LogP contribution in [0.15, 0.2) is 58.2 Å². The normalized spacial score (nSPS) is 14.8. The van der Waals surface area contributed by atoms with Gasteiger partial charge in [0, 0.05) is 31.2 Å². The Morgan fingerprint density at radius 1 is 1.03 bits per heavy atom. The largest absolute Gasteiger partial charge is 0.326 e. The van der Waals surface area contributed by atoms with Gasteiger partial charge in [-0.15, -0.1) is 0 Å². The van der Waals surface area contributed by atoms with Crippen LogP contribution in [0.1, 0.15) is 18.5 Å². The van der Waals surface area contributed by atoms with Crippen molar-refractivity contribution in [2.75, 3.05) is 18.4 Å². The molecule has 0 unspecified atom stereocenters. The third-order valence-corrected chi connectivity index (χ3v) is 7.11. The van der Waals surface area contributed by atoms with Crippen molar-refractivity contribution in [2.24, 2.45) is 7.05 Å². The lowest BCUT2D eigenvalue weighted by Crippen LogP contribution is -2.27. The molecule has 1 N–H and O–H groups in total. The van der Waals surface area contributed by atoms with E-state index in [0.717, 1.165) is 12.8 Å². The molecule has 0 atom stereocenters. The number of hydrogen-bond donors (Lipinski definition) is 1. The number of rotatable bonds is 5. The minimum Gasteiger partial charge on any atom is -0.326 e. The van der Waals surface area contributed by atoms with Crippen molar-refractivity contribution >= 4 is 32.4 Å². The van der Waals surface area contributed by atoms with Crippen LogP contribution >= 0.6 is 0 Å². The van der Waals surface area contributed by atoms with Gasteiger partial charge in [-0.25, -0.2) is 13.1 Å². The Hall–Kier alpha value is -3.04. The minimum absolute atomic E-state index is 0.0114. The molecule has 3 aromatic rings. The van der Waals surface area contributed by atoms with E-state index in [4.69, 9.17) is 0 Å². The molecule has 9 heteroatoms. The molecule has 1 aliphatic heterocycles. The van der Waals surface area contributed by atoms with Crippen molar-refractivity contribution in [3.05, 3.63) is 64.6 Å². The molecule has 0 radical (unpaired) electrons. The van der Waals surface area contributed by atoms with E-state index < -0.39 is 10.0 Å². The predicted octanol–water partition coefficient (Wildman–Crippen LogP) is 1.90. The van der Waals surface area contributed by atoms with Gasteiger partial charge in [0.2, 0.25) is 15.9 Å². The molecule has 1 fully saturated rings. The molecule has 0 bridgehead atoms. The third-order valence-electron chi connectivity index (χ3n) is 5.20. The number of amides is 1. The molecule has 8 nitrogen and oxygen atoms in total. The van der Waals surface area contributed by atoms with E-state index in [0.29, 0.717) is 35.2 Å². The van der Waals surface area contributed by atoms with E-state index in [1.165, 1.54) is 21.1 Å². The fourth-order valence-corrected chi connectivity index (χ4v) is 5.17. The number of sulfonamides is 1. The summed E-state index contributed by atoms with van der Waals surface area (Å²) in [5.74, 6) is -0.304. The lowest BCUT2D eigenvalue weighted by molar-refractivity contribution is -0.115. The summed E-state index contributed by atoms with van der Waals surface area (Å²) in [7, 11) is -1.94. The number of benzene rings is 2. The number of aromatic nitrogens is 2. The quantitative estimate of drug-likeness (QED) is 0.671. The molecule has 0 aliphatic carbocycles. The van der Waals surface area contributed by atoms with Crippen LogP contribution in [0.5, 0.6) is 0 Å². The van der Waals surface area contributed by atoms with E-state index in [9.17, 15) is 18.0 Å². The number of anilines is 1. The van der Waals surface area contributed by atoms with Gasteiger partial charge in [0.05, 0.1) is 22.4 Å². The van der Waals surface area contributed by atoms with Gasteiger partial charge in [0.1, 0.15) is 0 Å². The van der Waals surface area contributed by atoms with E-state index in [1.54, 1.807) is 43.4 Å². The molecule has 2 heterocycles. The van der Waals surface area contributed by atoms with Gasteiger partial charge < -0.3 is 5.32 Å². The Bertz CT molecular complexity index is 1260. The summed E-state index contributed by atoms with van der Waals surface area (Å²) in [6, 6.07) is 13.2. The van der Waals surface area contributed by atoms with Crippen LogP contribution in [0.4, 0.5) is 5.69 Å². The molecule has 4 rings (SSSR count). The number of nitrogens with one attached hydrogen (secondary N) is 1. The molecular formula is C21H22N4O4S. The topological polar surface area (TPSA) is 101 Å². The molecule has 1 aliphatic rings. The second-order valence-corrected chi connectivity index (χ2v) is 9.22. The molecule has 0 spiro atoms. The number of hydrogen-bond acceptors (Lipinski definition) is 5. The van der Waals surface area contributed by atoms with Crippen LogP contribution in [-0.4, -0.2) is 41.5 Å². The van der Waals surface area contributed by atoms with Gasteiger partial charge in [0.25, 0.3) is 5.56 Å². The average molecular weight is 426 g/mol. The highest BCUT2D eigenvalue weighted by Crippen LogP contribution is 2.22. The highest BCUT2D eigenvalue weighted by Gasteiger charge is 2.27. The molecule has 156 valence electrons. The fraction of sp³-hybridized carbons (Fsp3) is 0.286. The standard InChI is InChI=1S/C21H22N4O4S/c1-24-21(27)18-7-3-2-6-17(18)19(23-24)14-20(26)22-15-8-10-16(11-9-15)30(28,29)25-12-4-5-13-25/h2-3,6-11H,4-5,12-14H2,1H3,(H,22,26). The summed E-state index contributed by atoms with van der Waals surface area (Å²) < 4.78 is 27.9. The van der Waals surface area contributed by atoms with Crippen molar-refractivity contribution < 1.29 is 13.2 Å². The summed E-state index contributed by atoms with van der Waals surface area (Å²) in [4.78, 5) is 25.0. The average Bonchev–Trinajstić information content (AvgIpc) is 3.28. The van der Waals surface area contributed by atoms with Crippen molar-refractivity contribution in [1.82, 2.24) is 14.1 Å². The first-order valence-electron chi connectivity index (χ1n) is 9.71. The Morgan fingerprint density at radius 3 is 2.33 bits per heavy atom. The van der Waals surface area contributed by atoms with Crippen LogP contribution < -0.4 is 10.9 Å². The number of fused-ring (bicyclic) bond motifs is 1. The Balaban J connectivity index is 1.51. The third kappa shape index (κ3) is 3.86. The van der Waals surface area contributed by atoms with Gasteiger partial charge in [-0.1, -0.05) is 18.2 Å². The second-order valence-electron chi connectivity index (χ2n) is 7.28. The lowest BCUT2D eigenvalue weighted by Gasteiger charge is -2.15. The van der Waals surface area contributed by atoms with E-state index in [-0.39, 0.29) is 22.8 Å². The highest BCUT2D eigenvalue weighted by atomic mass is 32.2. The first-order valence-corrected chi connectivity index (χ1v) is 11.2. The smallest absolute Gasteiger partial charge is 0.274 e. The van der Waals surface area contributed by atoms with E-state index in [2.05, 4.69) is 10.4 Å². The van der Waals surface area contributed by atoms with Crippen LogP contribution in [0.3, 0.4) is 0 Å². The molecule has 1 saturated heterocycles. The molecule has 0 saturated carbocycles. The Kier molecular flexibility index (Phi) is 5.40. The molecular weight excluding hydrogens is 404 g/mol. The Labute approximate surface area is 174 Å². The fourth-order valence-electron chi connectivity index (χ4n) is 3.65. The SMILES string of the molecule is Cn1nc(CC(=O)Nc2ccc(S(=O)(=O)N3CCCC3)cc2)c2ccccc2c1=O. The van der Waals surface area contributed by atoms with Crippen LogP contribution in [0.25, 0.3) is 10.8 Å². The van der Waals surface area contributed by atoms with Gasteiger partial charge in [-0.3, -0.25) is 9.59 Å². The highest BCUT2D eigenvalue weighted by molar-refractivity contribution is 7.89. The zero-order valence-electron chi connectivity index (χ0n) is 16.5. The van der Waals surface area contributed by atoms with Crippen molar-refractivity contribution in [1.29, 1.82) is 0 Å². The van der Waals surface area contributed by atoms with Crippen LogP contribution in [0, 0.1) is 0 Å². The van der Waals surface area contributed by atoms with Gasteiger partial charge in [-0.05, 0) is 43.2 Å².